The van der Waals surface area contributed by atoms with Crippen molar-refractivity contribution in [2.75, 3.05) is 24.6 Å². The van der Waals surface area contributed by atoms with E-state index in [9.17, 15) is 4.79 Å². The van der Waals surface area contributed by atoms with E-state index in [-0.39, 0.29) is 12.5 Å². The Morgan fingerprint density at radius 1 is 1.14 bits per heavy atom. The topological polar surface area (TPSA) is 53.9 Å². The van der Waals surface area contributed by atoms with Crippen molar-refractivity contribution in [1.82, 2.24) is 5.43 Å². The first-order valence-corrected chi connectivity index (χ1v) is 10.0. The highest BCUT2D eigenvalue weighted by atomic mass is 16.5. The zero-order chi connectivity index (χ0) is 19.8. The number of nitrogens with zero attached hydrogens (tertiary/aromatic N) is 2. The summed E-state index contributed by atoms with van der Waals surface area (Å²) in [7, 11) is 0. The molecule has 5 nitrogen and oxygen atoms in total. The summed E-state index contributed by atoms with van der Waals surface area (Å²) in [6.45, 7) is 6.32. The zero-order valence-electron chi connectivity index (χ0n) is 16.8. The number of hydrogen-bond acceptors (Lipinski definition) is 4. The lowest BCUT2D eigenvalue weighted by molar-refractivity contribution is -0.123. The predicted octanol–water partition coefficient (Wildman–Crippen LogP) is 4.08. The summed E-state index contributed by atoms with van der Waals surface area (Å²) in [5.74, 6) is 0.435. The van der Waals surface area contributed by atoms with Crippen molar-refractivity contribution in [2.24, 2.45) is 5.10 Å². The maximum Gasteiger partial charge on any atom is 0.277 e. The lowest BCUT2D eigenvalue weighted by Gasteiger charge is -2.28. The number of piperidine rings is 1. The van der Waals surface area contributed by atoms with Crippen LogP contribution in [0.4, 0.5) is 5.69 Å². The first kappa shape index (κ1) is 19.9. The molecule has 1 fully saturated rings. The van der Waals surface area contributed by atoms with Crippen molar-refractivity contribution in [1.29, 1.82) is 0 Å². The molecule has 0 unspecified atom stereocenters. The van der Waals surface area contributed by atoms with Crippen LogP contribution in [0.2, 0.25) is 0 Å². The van der Waals surface area contributed by atoms with Gasteiger partial charge in [0.05, 0.1) is 6.21 Å². The van der Waals surface area contributed by atoms with Gasteiger partial charge in [-0.05, 0) is 73.6 Å². The van der Waals surface area contributed by atoms with Crippen molar-refractivity contribution >= 4 is 17.8 Å². The van der Waals surface area contributed by atoms with Gasteiger partial charge in [0.1, 0.15) is 5.75 Å². The minimum atomic E-state index is -0.277. The van der Waals surface area contributed by atoms with Crippen molar-refractivity contribution in [3.8, 4) is 5.75 Å². The Hall–Kier alpha value is -2.82. The number of anilines is 1. The van der Waals surface area contributed by atoms with Gasteiger partial charge in [0, 0.05) is 18.8 Å². The summed E-state index contributed by atoms with van der Waals surface area (Å²) in [6, 6.07) is 14.3. The molecule has 28 heavy (non-hydrogen) atoms. The van der Waals surface area contributed by atoms with Gasteiger partial charge in [0.2, 0.25) is 0 Å². The normalized spacial score (nSPS) is 14.3. The fraction of sp³-hybridized carbons (Fsp3) is 0.391. The molecule has 1 heterocycles. The molecule has 2 aromatic rings. The number of amides is 1. The molecule has 1 N–H and O–H groups in total. The molecule has 0 atom stereocenters. The summed E-state index contributed by atoms with van der Waals surface area (Å²) < 4.78 is 5.59. The molecule has 0 radical (unpaired) electrons. The quantitative estimate of drug-likeness (QED) is 0.583. The van der Waals surface area contributed by atoms with Gasteiger partial charge in [-0.15, -0.1) is 0 Å². The summed E-state index contributed by atoms with van der Waals surface area (Å²) in [5, 5.41) is 4.03. The second-order valence-corrected chi connectivity index (χ2v) is 7.23. The molecule has 1 saturated heterocycles. The molecule has 0 aromatic heterocycles. The van der Waals surface area contributed by atoms with Crippen molar-refractivity contribution in [3.63, 3.8) is 0 Å². The summed E-state index contributed by atoms with van der Waals surface area (Å²) in [4.78, 5) is 14.4. The Labute approximate surface area is 167 Å². The van der Waals surface area contributed by atoms with Crippen LogP contribution in [0.25, 0.3) is 0 Å². The van der Waals surface area contributed by atoms with Crippen molar-refractivity contribution in [2.45, 2.75) is 39.5 Å². The fourth-order valence-electron chi connectivity index (χ4n) is 3.40. The second-order valence-electron chi connectivity index (χ2n) is 7.23. The van der Waals surface area contributed by atoms with Crippen LogP contribution in [-0.2, 0) is 11.2 Å². The minimum Gasteiger partial charge on any atom is -0.484 e. The van der Waals surface area contributed by atoms with Gasteiger partial charge in [-0.1, -0.05) is 25.1 Å². The Bertz CT molecular complexity index is 809. The van der Waals surface area contributed by atoms with E-state index in [2.05, 4.69) is 40.5 Å². The van der Waals surface area contributed by atoms with Gasteiger partial charge >= 0.3 is 0 Å². The van der Waals surface area contributed by atoms with E-state index in [1.165, 1.54) is 30.5 Å². The largest absolute Gasteiger partial charge is 0.484 e. The highest BCUT2D eigenvalue weighted by Gasteiger charge is 2.10. The van der Waals surface area contributed by atoms with Gasteiger partial charge in [-0.2, -0.15) is 5.10 Å². The van der Waals surface area contributed by atoms with E-state index in [1.807, 2.05) is 31.2 Å². The number of benzene rings is 2. The van der Waals surface area contributed by atoms with Gasteiger partial charge < -0.3 is 9.64 Å². The Morgan fingerprint density at radius 3 is 2.61 bits per heavy atom. The van der Waals surface area contributed by atoms with E-state index in [0.29, 0.717) is 5.75 Å². The van der Waals surface area contributed by atoms with Crippen LogP contribution < -0.4 is 15.1 Å². The Balaban J connectivity index is 1.46. The van der Waals surface area contributed by atoms with Gasteiger partial charge in [-0.25, -0.2) is 5.43 Å². The number of hydrogen-bond donors (Lipinski definition) is 1. The number of ether oxygens (including phenoxy) is 1. The highest BCUT2D eigenvalue weighted by Crippen LogP contribution is 2.20. The molecule has 0 spiro atoms. The van der Waals surface area contributed by atoms with Crippen LogP contribution in [0.15, 0.2) is 47.6 Å². The van der Waals surface area contributed by atoms with Gasteiger partial charge in [0.15, 0.2) is 6.61 Å². The molecule has 1 aliphatic rings. The second kappa shape index (κ2) is 9.93. The molecular weight excluding hydrogens is 350 g/mol. The Kier molecular flexibility index (Phi) is 7.06. The molecular formula is C23H29N3O2. The lowest BCUT2D eigenvalue weighted by atomic mass is 10.1. The van der Waals surface area contributed by atoms with Crippen LogP contribution in [0, 0.1) is 6.92 Å². The van der Waals surface area contributed by atoms with Gasteiger partial charge in [0.25, 0.3) is 5.91 Å². The third kappa shape index (κ3) is 5.84. The molecule has 0 saturated carbocycles. The lowest BCUT2D eigenvalue weighted by Crippen LogP contribution is -2.29. The van der Waals surface area contributed by atoms with E-state index in [1.54, 1.807) is 6.21 Å². The third-order valence-corrected chi connectivity index (χ3v) is 4.91. The van der Waals surface area contributed by atoms with E-state index < -0.39 is 0 Å². The van der Waals surface area contributed by atoms with E-state index in [4.69, 9.17) is 4.74 Å². The number of aryl methyl sites for hydroxylation is 2. The SMILES string of the molecule is CCc1cc(C)cc(OCC(=O)N/N=C\c2ccc(N3CCCCC3)cc2)c1. The molecule has 5 heteroatoms. The first-order chi connectivity index (χ1) is 13.6. The monoisotopic (exact) mass is 379 g/mol. The number of hydrazone groups is 1. The van der Waals surface area contributed by atoms with E-state index >= 15 is 0 Å². The van der Waals surface area contributed by atoms with Crippen LogP contribution in [0.1, 0.15) is 42.9 Å². The third-order valence-electron chi connectivity index (χ3n) is 4.91. The maximum atomic E-state index is 12.0. The van der Waals surface area contributed by atoms with Crippen LogP contribution in [0.5, 0.6) is 5.75 Å². The number of nitrogens with one attached hydrogen (secondary N) is 1. The van der Waals surface area contributed by atoms with Crippen LogP contribution in [0.3, 0.4) is 0 Å². The Morgan fingerprint density at radius 2 is 1.89 bits per heavy atom. The number of carbonyl (C=O) groups is 1. The number of rotatable bonds is 7. The van der Waals surface area contributed by atoms with Gasteiger partial charge in [-0.3, -0.25) is 4.79 Å². The zero-order valence-corrected chi connectivity index (χ0v) is 16.8. The number of carbonyl (C=O) groups excluding carboxylic acids is 1. The molecule has 0 bridgehead atoms. The average Bonchev–Trinajstić information content (AvgIpc) is 2.73. The summed E-state index contributed by atoms with van der Waals surface area (Å²) >= 11 is 0. The van der Waals surface area contributed by atoms with Crippen LogP contribution >= 0.6 is 0 Å². The standard InChI is InChI=1S/C23H29N3O2/c1-3-19-13-18(2)14-22(15-19)28-17-23(27)25-24-16-20-7-9-21(10-8-20)26-11-5-4-6-12-26/h7-10,13-16H,3-6,11-12,17H2,1-2H3,(H,25,27)/b24-16-. The van der Waals surface area contributed by atoms with Crippen LogP contribution in [-0.4, -0.2) is 31.8 Å². The highest BCUT2D eigenvalue weighted by molar-refractivity contribution is 5.83. The molecule has 2 aromatic carbocycles. The summed E-state index contributed by atoms with van der Waals surface area (Å²) in [5.41, 5.74) is 7.04. The maximum absolute atomic E-state index is 12.0. The van der Waals surface area contributed by atoms with Crippen molar-refractivity contribution < 1.29 is 9.53 Å². The molecule has 0 aliphatic carbocycles. The average molecular weight is 380 g/mol. The molecule has 1 amide bonds. The molecule has 148 valence electrons. The van der Waals surface area contributed by atoms with Crippen molar-refractivity contribution in [3.05, 3.63) is 59.2 Å². The first-order valence-electron chi connectivity index (χ1n) is 10.0. The minimum absolute atomic E-state index is 0.0577. The fourth-order valence-corrected chi connectivity index (χ4v) is 3.40. The summed E-state index contributed by atoms with van der Waals surface area (Å²) in [6.07, 6.45) is 6.44. The predicted molar refractivity (Wildman–Crippen MR) is 114 cm³/mol. The molecule has 1 aliphatic heterocycles. The smallest absolute Gasteiger partial charge is 0.277 e. The molecule has 3 rings (SSSR count). The van der Waals surface area contributed by atoms with E-state index in [0.717, 1.165) is 30.6 Å².